The maximum absolute atomic E-state index is 10.2. The summed E-state index contributed by atoms with van der Waals surface area (Å²) in [5.74, 6) is 0. The lowest BCUT2D eigenvalue weighted by atomic mass is 10.0. The molecule has 0 atom stereocenters. The maximum Gasteiger partial charge on any atom is 0.235 e. The van der Waals surface area contributed by atoms with Crippen LogP contribution in [0, 0.1) is 0 Å². The van der Waals surface area contributed by atoms with Gasteiger partial charge in [0.2, 0.25) is 6.08 Å². The van der Waals surface area contributed by atoms with Gasteiger partial charge in [-0.3, -0.25) is 0 Å². The minimum absolute atomic E-state index is 0.375. The Kier molecular flexibility index (Phi) is 6.10. The van der Waals surface area contributed by atoms with Crippen LogP contribution in [0.25, 0.3) is 34.4 Å². The van der Waals surface area contributed by atoms with E-state index in [4.69, 9.17) is 0 Å². The van der Waals surface area contributed by atoms with Crippen LogP contribution in [-0.4, -0.2) is 6.08 Å². The van der Waals surface area contributed by atoms with Gasteiger partial charge in [-0.15, -0.1) is 0 Å². The molecule has 0 aliphatic carbocycles. The molecule has 0 fully saturated rings. The number of benzene rings is 4. The Morgan fingerprint density at radius 1 is 0.567 bits per heavy atom. The second-order valence-corrected chi connectivity index (χ2v) is 7.05. The molecule has 144 valence electrons. The third-order valence-electron chi connectivity index (χ3n) is 5.01. The average molecular weight is 387 g/mol. The first kappa shape index (κ1) is 19.3. The molecule has 0 saturated heterocycles. The number of isocyanates is 1. The zero-order chi connectivity index (χ0) is 20.6. The molecule has 0 bridgehead atoms. The summed E-state index contributed by atoms with van der Waals surface area (Å²) in [6, 6.07) is 35.6. The van der Waals surface area contributed by atoms with Gasteiger partial charge >= 0.3 is 0 Å². The van der Waals surface area contributed by atoms with Gasteiger partial charge in [-0.25, -0.2) is 9.79 Å². The second kappa shape index (κ2) is 9.47. The van der Waals surface area contributed by atoms with Gasteiger partial charge in [-0.05, 0) is 38.9 Å². The lowest BCUT2D eigenvalue weighted by molar-refractivity contribution is 0.563. The van der Waals surface area contributed by atoms with Gasteiger partial charge in [-0.2, -0.15) is 0 Å². The molecule has 2 heteroatoms. The van der Waals surface area contributed by atoms with E-state index in [0.717, 1.165) is 22.3 Å². The van der Waals surface area contributed by atoms with E-state index in [9.17, 15) is 4.79 Å². The molecule has 0 unspecified atom stereocenters. The van der Waals surface area contributed by atoms with E-state index >= 15 is 0 Å². The summed E-state index contributed by atoms with van der Waals surface area (Å²) in [5.41, 5.74) is 8.08. The molecular weight excluding hydrogens is 366 g/mol. The van der Waals surface area contributed by atoms with E-state index in [-0.39, 0.29) is 0 Å². The van der Waals surface area contributed by atoms with Crippen molar-refractivity contribution in [3.8, 4) is 22.3 Å². The lowest BCUT2D eigenvalue weighted by Crippen LogP contribution is -1.83. The van der Waals surface area contributed by atoms with E-state index in [1.165, 1.54) is 16.7 Å². The highest BCUT2D eigenvalue weighted by Gasteiger charge is 1.99. The Morgan fingerprint density at radius 2 is 1.00 bits per heavy atom. The molecule has 2 nitrogen and oxygen atoms in total. The van der Waals surface area contributed by atoms with Crippen molar-refractivity contribution in [2.24, 2.45) is 4.99 Å². The van der Waals surface area contributed by atoms with Crippen molar-refractivity contribution in [1.29, 1.82) is 0 Å². The minimum atomic E-state index is 0.375. The van der Waals surface area contributed by atoms with E-state index < -0.39 is 0 Å². The first-order chi connectivity index (χ1) is 14.8. The molecule has 0 N–H and O–H groups in total. The summed E-state index contributed by atoms with van der Waals surface area (Å²) in [6.07, 6.45) is 5.83. The van der Waals surface area contributed by atoms with Crippen LogP contribution in [0.2, 0.25) is 0 Å². The fourth-order valence-corrected chi connectivity index (χ4v) is 3.32. The molecule has 0 heterocycles. The van der Waals surface area contributed by atoms with Crippen molar-refractivity contribution < 1.29 is 4.79 Å². The van der Waals surface area contributed by atoms with Crippen LogP contribution in [0.4, 0.5) is 0 Å². The Balaban J connectivity index is 1.43. The molecule has 0 aromatic heterocycles. The quantitative estimate of drug-likeness (QED) is 0.198. The van der Waals surface area contributed by atoms with Crippen molar-refractivity contribution in [2.75, 3.05) is 0 Å². The number of rotatable bonds is 6. The third-order valence-corrected chi connectivity index (χ3v) is 5.01. The molecule has 4 rings (SSSR count). The van der Waals surface area contributed by atoms with Crippen LogP contribution >= 0.6 is 0 Å². The minimum Gasteiger partial charge on any atom is -0.211 e. The van der Waals surface area contributed by atoms with Gasteiger partial charge in [0.1, 0.15) is 0 Å². The zero-order valence-corrected chi connectivity index (χ0v) is 16.5. The van der Waals surface area contributed by atoms with Gasteiger partial charge in [0.15, 0.2) is 0 Å². The van der Waals surface area contributed by atoms with Crippen LogP contribution in [0.1, 0.15) is 16.7 Å². The number of carbonyl (C=O) groups excluding carboxylic acids is 1. The number of nitrogens with zero attached hydrogens (tertiary/aromatic N) is 1. The summed E-state index contributed by atoms with van der Waals surface area (Å²) in [5, 5.41) is 0. The Bertz CT molecular complexity index is 1170. The lowest BCUT2D eigenvalue weighted by Gasteiger charge is -2.04. The van der Waals surface area contributed by atoms with Crippen molar-refractivity contribution in [1.82, 2.24) is 0 Å². The molecule has 0 aliphatic rings. The standard InChI is InChI=1S/C28H21NO/c30-21-29-20-24-12-18-28(19-13-24)27-16-10-23(11-17-27)7-6-22-8-14-26(15-9-22)25-4-2-1-3-5-25/h1-19H,20H2/b7-6-. The number of aliphatic imine (C=N–C) groups is 1. The van der Waals surface area contributed by atoms with Crippen LogP contribution in [0.15, 0.2) is 108 Å². The normalized spacial score (nSPS) is 10.7. The Labute approximate surface area is 176 Å². The van der Waals surface area contributed by atoms with Crippen LogP contribution < -0.4 is 0 Å². The molecule has 0 radical (unpaired) electrons. The number of hydrogen-bond donors (Lipinski definition) is 0. The molecule has 0 amide bonds. The largest absolute Gasteiger partial charge is 0.235 e. The summed E-state index contributed by atoms with van der Waals surface area (Å²) in [6.45, 7) is 0.375. The Hall–Kier alpha value is -4.00. The van der Waals surface area contributed by atoms with E-state index in [2.05, 4.69) is 102 Å². The van der Waals surface area contributed by atoms with Crippen molar-refractivity contribution >= 4 is 18.2 Å². The summed E-state index contributed by atoms with van der Waals surface area (Å²) in [7, 11) is 0. The second-order valence-electron chi connectivity index (χ2n) is 7.05. The van der Waals surface area contributed by atoms with Gasteiger partial charge in [0, 0.05) is 0 Å². The highest BCUT2D eigenvalue weighted by Crippen LogP contribution is 2.22. The summed E-state index contributed by atoms with van der Waals surface area (Å²) in [4.78, 5) is 13.8. The van der Waals surface area contributed by atoms with E-state index in [0.29, 0.717) is 6.54 Å². The predicted octanol–water partition coefficient (Wildman–Crippen LogP) is 7.03. The van der Waals surface area contributed by atoms with Crippen LogP contribution in [-0.2, 0) is 11.3 Å². The predicted molar refractivity (Wildman–Crippen MR) is 125 cm³/mol. The molecule has 4 aromatic carbocycles. The summed E-state index contributed by atoms with van der Waals surface area (Å²) < 4.78 is 0. The van der Waals surface area contributed by atoms with E-state index in [1.807, 2.05) is 18.2 Å². The molecule has 0 saturated carbocycles. The van der Waals surface area contributed by atoms with Crippen molar-refractivity contribution in [2.45, 2.75) is 6.54 Å². The van der Waals surface area contributed by atoms with Gasteiger partial charge < -0.3 is 0 Å². The van der Waals surface area contributed by atoms with Crippen molar-refractivity contribution in [3.05, 3.63) is 120 Å². The van der Waals surface area contributed by atoms with E-state index in [1.54, 1.807) is 6.08 Å². The first-order valence-corrected chi connectivity index (χ1v) is 9.88. The first-order valence-electron chi connectivity index (χ1n) is 9.88. The van der Waals surface area contributed by atoms with Crippen LogP contribution in [0.3, 0.4) is 0 Å². The molecule has 0 aliphatic heterocycles. The topological polar surface area (TPSA) is 29.4 Å². The highest BCUT2D eigenvalue weighted by molar-refractivity contribution is 5.73. The van der Waals surface area contributed by atoms with Gasteiger partial charge in [0.05, 0.1) is 6.54 Å². The molecule has 0 spiro atoms. The van der Waals surface area contributed by atoms with Crippen LogP contribution in [0.5, 0.6) is 0 Å². The molecular formula is C28H21NO. The van der Waals surface area contributed by atoms with Crippen molar-refractivity contribution in [3.63, 3.8) is 0 Å². The fourth-order valence-electron chi connectivity index (χ4n) is 3.32. The zero-order valence-electron chi connectivity index (χ0n) is 16.5. The monoisotopic (exact) mass is 387 g/mol. The average Bonchev–Trinajstić information content (AvgIpc) is 2.83. The Morgan fingerprint density at radius 3 is 1.47 bits per heavy atom. The highest BCUT2D eigenvalue weighted by atomic mass is 16.1. The third kappa shape index (κ3) is 4.88. The molecule has 4 aromatic rings. The number of hydrogen-bond acceptors (Lipinski definition) is 2. The SMILES string of the molecule is O=C=NCc1ccc(-c2ccc(/C=C\c3ccc(-c4ccccc4)cc3)cc2)cc1. The maximum atomic E-state index is 10.2. The fraction of sp³-hybridized carbons (Fsp3) is 0.0357. The molecule has 30 heavy (non-hydrogen) atoms. The van der Waals surface area contributed by atoms with Gasteiger partial charge in [0.25, 0.3) is 0 Å². The summed E-state index contributed by atoms with van der Waals surface area (Å²) >= 11 is 0. The smallest absolute Gasteiger partial charge is 0.211 e. The van der Waals surface area contributed by atoms with Gasteiger partial charge in [-0.1, -0.05) is 115 Å².